The highest BCUT2D eigenvalue weighted by Crippen LogP contribution is 2.20. The molecule has 1 saturated heterocycles. The van der Waals surface area contributed by atoms with Crippen molar-refractivity contribution in [3.8, 4) is 5.75 Å². The molecular weight excluding hydrogens is 289 g/mol. The Morgan fingerprint density at radius 3 is 2.82 bits per heavy atom. The summed E-state index contributed by atoms with van der Waals surface area (Å²) in [5.74, 6) is 0.271. The van der Waals surface area contributed by atoms with E-state index in [9.17, 15) is 4.39 Å². The number of halogens is 2. The van der Waals surface area contributed by atoms with Crippen LogP contribution in [0.25, 0.3) is 0 Å². The van der Waals surface area contributed by atoms with E-state index in [0.717, 1.165) is 32.8 Å². The molecule has 0 aliphatic carbocycles. The van der Waals surface area contributed by atoms with Crippen molar-refractivity contribution in [3.05, 3.63) is 28.5 Å². The Kier molecular flexibility index (Phi) is 4.76. The molecule has 0 saturated carbocycles. The summed E-state index contributed by atoms with van der Waals surface area (Å²) >= 11 is 3.11. The molecule has 17 heavy (non-hydrogen) atoms. The molecule has 0 spiro atoms. The molecule has 1 aromatic carbocycles. The first-order chi connectivity index (χ1) is 8.25. The fourth-order valence-electron chi connectivity index (χ4n) is 1.68. The van der Waals surface area contributed by atoms with Crippen molar-refractivity contribution in [2.45, 2.75) is 0 Å². The molecule has 5 heteroatoms. The second kappa shape index (κ2) is 6.33. The molecule has 1 heterocycles. The van der Waals surface area contributed by atoms with Gasteiger partial charge in [-0.05, 0) is 28.1 Å². The van der Waals surface area contributed by atoms with Gasteiger partial charge in [-0.2, -0.15) is 0 Å². The maximum atomic E-state index is 13.2. The Labute approximate surface area is 109 Å². The third-order valence-corrected chi connectivity index (χ3v) is 3.31. The van der Waals surface area contributed by atoms with E-state index in [-0.39, 0.29) is 5.82 Å². The molecule has 1 aliphatic rings. The van der Waals surface area contributed by atoms with Crippen molar-refractivity contribution in [1.29, 1.82) is 0 Å². The van der Waals surface area contributed by atoms with Crippen LogP contribution in [0.15, 0.2) is 22.7 Å². The molecule has 0 bridgehead atoms. The summed E-state index contributed by atoms with van der Waals surface area (Å²) in [6.45, 7) is 4.87. The van der Waals surface area contributed by atoms with Crippen LogP contribution < -0.4 is 4.74 Å². The molecule has 1 fully saturated rings. The second-order valence-corrected chi connectivity index (χ2v) is 4.73. The zero-order valence-electron chi connectivity index (χ0n) is 9.49. The number of rotatable bonds is 4. The van der Waals surface area contributed by atoms with Crippen molar-refractivity contribution in [3.63, 3.8) is 0 Å². The van der Waals surface area contributed by atoms with Gasteiger partial charge >= 0.3 is 0 Å². The minimum absolute atomic E-state index is 0.297. The quantitative estimate of drug-likeness (QED) is 0.852. The standard InChI is InChI=1S/C12H15BrFNO2/c13-11-2-1-10(9-12(11)14)17-8-5-15-3-6-16-7-4-15/h1-2,9H,3-8H2. The van der Waals surface area contributed by atoms with Crippen molar-refractivity contribution in [2.75, 3.05) is 39.5 Å². The summed E-state index contributed by atoms with van der Waals surface area (Å²) in [6.07, 6.45) is 0. The fraction of sp³-hybridized carbons (Fsp3) is 0.500. The van der Waals surface area contributed by atoms with Crippen molar-refractivity contribution >= 4 is 15.9 Å². The zero-order chi connectivity index (χ0) is 12.1. The summed E-state index contributed by atoms with van der Waals surface area (Å²) in [4.78, 5) is 2.28. The Balaban J connectivity index is 1.75. The molecule has 0 amide bonds. The van der Waals surface area contributed by atoms with E-state index in [2.05, 4.69) is 20.8 Å². The van der Waals surface area contributed by atoms with E-state index in [1.165, 1.54) is 6.07 Å². The highest BCUT2D eigenvalue weighted by Gasteiger charge is 2.09. The van der Waals surface area contributed by atoms with Crippen molar-refractivity contribution < 1.29 is 13.9 Å². The van der Waals surface area contributed by atoms with Crippen molar-refractivity contribution in [1.82, 2.24) is 4.90 Å². The smallest absolute Gasteiger partial charge is 0.141 e. The average molecular weight is 304 g/mol. The maximum absolute atomic E-state index is 13.2. The molecule has 1 aromatic rings. The van der Waals surface area contributed by atoms with Gasteiger partial charge in [0.2, 0.25) is 0 Å². The van der Waals surface area contributed by atoms with E-state index < -0.39 is 0 Å². The summed E-state index contributed by atoms with van der Waals surface area (Å²) in [5, 5.41) is 0. The van der Waals surface area contributed by atoms with Crippen LogP contribution in [-0.4, -0.2) is 44.4 Å². The summed E-state index contributed by atoms with van der Waals surface area (Å²) < 4.78 is 24.4. The van der Waals surface area contributed by atoms with Gasteiger partial charge in [0, 0.05) is 25.7 Å². The van der Waals surface area contributed by atoms with E-state index in [0.29, 0.717) is 16.8 Å². The number of hydrogen-bond acceptors (Lipinski definition) is 3. The number of benzene rings is 1. The largest absolute Gasteiger partial charge is 0.492 e. The SMILES string of the molecule is Fc1cc(OCCN2CCOCC2)ccc1Br. The van der Waals surface area contributed by atoms with E-state index in [1.807, 2.05) is 0 Å². The lowest BCUT2D eigenvalue weighted by molar-refractivity contribution is 0.0322. The van der Waals surface area contributed by atoms with Crippen LogP contribution in [-0.2, 0) is 4.74 Å². The normalized spacial score (nSPS) is 17.1. The lowest BCUT2D eigenvalue weighted by Crippen LogP contribution is -2.38. The predicted molar refractivity (Wildman–Crippen MR) is 66.9 cm³/mol. The van der Waals surface area contributed by atoms with Crippen LogP contribution in [0.4, 0.5) is 4.39 Å². The molecule has 0 atom stereocenters. The van der Waals surface area contributed by atoms with Crippen LogP contribution in [0.5, 0.6) is 5.75 Å². The van der Waals surface area contributed by atoms with Gasteiger partial charge in [-0.15, -0.1) is 0 Å². The lowest BCUT2D eigenvalue weighted by Gasteiger charge is -2.26. The molecule has 3 nitrogen and oxygen atoms in total. The highest BCUT2D eigenvalue weighted by molar-refractivity contribution is 9.10. The first kappa shape index (κ1) is 12.8. The second-order valence-electron chi connectivity index (χ2n) is 3.88. The van der Waals surface area contributed by atoms with Gasteiger partial charge in [0.05, 0.1) is 17.7 Å². The summed E-state index contributed by atoms with van der Waals surface area (Å²) in [7, 11) is 0. The first-order valence-corrected chi connectivity index (χ1v) is 6.43. The summed E-state index contributed by atoms with van der Waals surface area (Å²) in [5.41, 5.74) is 0. The molecular formula is C12H15BrFNO2. The number of morpholine rings is 1. The average Bonchev–Trinajstić information content (AvgIpc) is 2.35. The van der Waals surface area contributed by atoms with Crippen LogP contribution in [0.2, 0.25) is 0 Å². The van der Waals surface area contributed by atoms with Crippen LogP contribution in [0, 0.1) is 5.82 Å². The van der Waals surface area contributed by atoms with Gasteiger partial charge in [0.25, 0.3) is 0 Å². The number of nitrogens with zero attached hydrogens (tertiary/aromatic N) is 1. The molecule has 0 radical (unpaired) electrons. The maximum Gasteiger partial charge on any atom is 0.141 e. The Hall–Kier alpha value is -0.650. The van der Waals surface area contributed by atoms with Gasteiger partial charge in [0.1, 0.15) is 18.2 Å². The van der Waals surface area contributed by atoms with Crippen LogP contribution in [0.1, 0.15) is 0 Å². The van der Waals surface area contributed by atoms with Crippen LogP contribution >= 0.6 is 15.9 Å². The minimum Gasteiger partial charge on any atom is -0.492 e. The minimum atomic E-state index is -0.297. The predicted octanol–water partition coefficient (Wildman–Crippen LogP) is 2.30. The molecule has 0 unspecified atom stereocenters. The molecule has 2 rings (SSSR count). The lowest BCUT2D eigenvalue weighted by atomic mass is 10.3. The van der Waals surface area contributed by atoms with Crippen LogP contribution in [0.3, 0.4) is 0 Å². The third kappa shape index (κ3) is 3.94. The molecule has 94 valence electrons. The number of hydrogen-bond donors (Lipinski definition) is 0. The Bertz CT molecular complexity index is 370. The monoisotopic (exact) mass is 303 g/mol. The van der Waals surface area contributed by atoms with Gasteiger partial charge in [-0.25, -0.2) is 4.39 Å². The number of ether oxygens (including phenoxy) is 2. The van der Waals surface area contributed by atoms with Gasteiger partial charge in [-0.1, -0.05) is 0 Å². The van der Waals surface area contributed by atoms with Gasteiger partial charge < -0.3 is 9.47 Å². The fourth-order valence-corrected chi connectivity index (χ4v) is 1.93. The highest BCUT2D eigenvalue weighted by atomic mass is 79.9. The van der Waals surface area contributed by atoms with Gasteiger partial charge in [0.15, 0.2) is 0 Å². The molecule has 0 aromatic heterocycles. The zero-order valence-corrected chi connectivity index (χ0v) is 11.1. The van der Waals surface area contributed by atoms with E-state index >= 15 is 0 Å². The van der Waals surface area contributed by atoms with E-state index in [4.69, 9.17) is 9.47 Å². The Morgan fingerprint density at radius 1 is 1.35 bits per heavy atom. The topological polar surface area (TPSA) is 21.7 Å². The summed E-state index contributed by atoms with van der Waals surface area (Å²) in [6, 6.07) is 4.80. The first-order valence-electron chi connectivity index (χ1n) is 5.63. The third-order valence-electron chi connectivity index (χ3n) is 2.67. The molecule has 1 aliphatic heterocycles. The Morgan fingerprint density at radius 2 is 2.12 bits per heavy atom. The van der Waals surface area contributed by atoms with Gasteiger partial charge in [-0.3, -0.25) is 4.90 Å². The van der Waals surface area contributed by atoms with E-state index in [1.54, 1.807) is 12.1 Å². The van der Waals surface area contributed by atoms with Crippen molar-refractivity contribution in [2.24, 2.45) is 0 Å². The molecule has 0 N–H and O–H groups in total.